The smallest absolute Gasteiger partial charge is 0.348 e. The van der Waals surface area contributed by atoms with Gasteiger partial charge in [-0.15, -0.1) is 0 Å². The Hall–Kier alpha value is -0.906. The molecule has 0 spiro atoms. The van der Waals surface area contributed by atoms with Crippen molar-refractivity contribution in [2.75, 3.05) is 6.61 Å². The lowest BCUT2D eigenvalue weighted by molar-refractivity contribution is -0.138. The fourth-order valence-corrected chi connectivity index (χ4v) is 9.00. The summed E-state index contributed by atoms with van der Waals surface area (Å²) in [6.07, 6.45) is 0.747. The third kappa shape index (κ3) is 7.43. The average Bonchev–Trinajstić information content (AvgIpc) is 2.19. The van der Waals surface area contributed by atoms with Gasteiger partial charge in [0.1, 0.15) is 11.6 Å². The minimum absolute atomic E-state index is 0.0679. The van der Waals surface area contributed by atoms with Gasteiger partial charge in [-0.25, -0.2) is 4.79 Å². The van der Waals surface area contributed by atoms with Crippen LogP contribution >= 0.6 is 0 Å². The summed E-state index contributed by atoms with van der Waals surface area (Å²) < 4.78 is 11.0. The fourth-order valence-electron chi connectivity index (χ4n) is 1.58. The Bertz CT molecular complexity index is 364. The summed E-state index contributed by atoms with van der Waals surface area (Å²) in [5.41, 5.74) is 1.75. The maximum absolute atomic E-state index is 11.6. The number of rotatable bonds is 6. The van der Waals surface area contributed by atoms with Crippen LogP contribution in [-0.4, -0.2) is 29.2 Å². The summed E-state index contributed by atoms with van der Waals surface area (Å²) >= 11 is 0. The zero-order chi connectivity index (χ0) is 14.4. The van der Waals surface area contributed by atoms with E-state index in [2.05, 4.69) is 19.6 Å². The predicted molar refractivity (Wildman–Crippen MR) is 76.9 cm³/mol. The minimum atomic E-state index is -2.15. The highest BCUT2D eigenvalue weighted by Gasteiger charge is 2.29. The van der Waals surface area contributed by atoms with E-state index in [4.69, 9.17) is 14.1 Å². The van der Waals surface area contributed by atoms with Gasteiger partial charge in [-0.3, -0.25) is 0 Å². The molecule has 0 aromatic rings. The molecular formula is C12H23NO3Si2. The predicted octanol–water partition coefficient (Wildman–Crippen LogP) is 2.99. The van der Waals surface area contributed by atoms with E-state index in [1.54, 1.807) is 5.70 Å². The van der Waals surface area contributed by atoms with Crippen LogP contribution in [-0.2, 0) is 13.6 Å². The molecule has 0 rings (SSSR count). The summed E-state index contributed by atoms with van der Waals surface area (Å²) in [7, 11) is -3.83. The van der Waals surface area contributed by atoms with Gasteiger partial charge in [0.25, 0.3) is 0 Å². The summed E-state index contributed by atoms with van der Waals surface area (Å²) in [6.45, 7) is 12.5. The lowest BCUT2D eigenvalue weighted by atomic mass is 10.3. The van der Waals surface area contributed by atoms with Crippen molar-refractivity contribution in [3.05, 3.63) is 11.3 Å². The topological polar surface area (TPSA) is 59.3 Å². The molecule has 0 saturated carbocycles. The molecule has 0 saturated heterocycles. The van der Waals surface area contributed by atoms with Crippen LogP contribution in [0.3, 0.4) is 0 Å². The Morgan fingerprint density at radius 1 is 1.28 bits per heavy atom. The van der Waals surface area contributed by atoms with Crippen LogP contribution in [0.5, 0.6) is 0 Å². The Morgan fingerprint density at radius 3 is 2.22 bits per heavy atom. The first kappa shape index (κ1) is 17.1. The summed E-state index contributed by atoms with van der Waals surface area (Å²) in [4.78, 5) is 11.6. The second-order valence-electron chi connectivity index (χ2n) is 5.62. The lowest BCUT2D eigenvalue weighted by Gasteiger charge is -2.29. The van der Waals surface area contributed by atoms with Crippen molar-refractivity contribution in [2.24, 2.45) is 0 Å². The van der Waals surface area contributed by atoms with E-state index in [9.17, 15) is 4.79 Å². The number of hydrogen-bond acceptors (Lipinski definition) is 4. The number of nitrogens with zero attached hydrogens (tertiary/aromatic N) is 1. The number of nitriles is 1. The molecule has 0 bridgehead atoms. The number of carbonyl (C=O) groups excluding carboxylic acids is 1. The van der Waals surface area contributed by atoms with Crippen LogP contribution in [0.2, 0.25) is 32.7 Å². The Balaban J connectivity index is 4.89. The number of esters is 1. The first-order valence-corrected chi connectivity index (χ1v) is 12.5. The van der Waals surface area contributed by atoms with E-state index in [1.807, 2.05) is 26.1 Å². The summed E-state index contributed by atoms with van der Waals surface area (Å²) in [6, 6.07) is 1.91. The summed E-state index contributed by atoms with van der Waals surface area (Å²) in [5.74, 6) is -0.542. The standard InChI is InChI=1S/C12H23NO3Si2/c1-7-8-15-12(14)11(9-13)10-18(5,6)16-17(2,3)4/h10H,7-8H2,1-6H3. The monoisotopic (exact) mass is 285 g/mol. The third-order valence-corrected chi connectivity index (χ3v) is 7.38. The largest absolute Gasteiger partial charge is 0.462 e. The van der Waals surface area contributed by atoms with Crippen molar-refractivity contribution in [1.29, 1.82) is 5.26 Å². The van der Waals surface area contributed by atoms with Crippen molar-refractivity contribution in [1.82, 2.24) is 0 Å². The Morgan fingerprint density at radius 2 is 1.83 bits per heavy atom. The quantitative estimate of drug-likeness (QED) is 0.326. The molecule has 0 fully saturated rings. The Kier molecular flexibility index (Phi) is 6.53. The van der Waals surface area contributed by atoms with Gasteiger partial charge in [0.05, 0.1) is 6.61 Å². The average molecular weight is 285 g/mol. The van der Waals surface area contributed by atoms with Crippen LogP contribution < -0.4 is 0 Å². The van der Waals surface area contributed by atoms with Crippen molar-refractivity contribution < 1.29 is 13.6 Å². The SMILES string of the molecule is CCCOC(=O)C(C#N)=C[Si](C)(C)O[Si](C)(C)C. The maximum atomic E-state index is 11.6. The van der Waals surface area contributed by atoms with Crippen LogP contribution in [0.15, 0.2) is 11.3 Å². The second kappa shape index (κ2) is 6.87. The van der Waals surface area contributed by atoms with Crippen molar-refractivity contribution in [3.8, 4) is 6.07 Å². The van der Waals surface area contributed by atoms with E-state index in [1.165, 1.54) is 0 Å². The number of hydrogen-bond donors (Lipinski definition) is 0. The molecule has 102 valence electrons. The minimum Gasteiger partial charge on any atom is -0.462 e. The van der Waals surface area contributed by atoms with E-state index >= 15 is 0 Å². The summed E-state index contributed by atoms with van der Waals surface area (Å²) in [5, 5.41) is 9.02. The van der Waals surface area contributed by atoms with Gasteiger partial charge in [-0.05, 0) is 44.9 Å². The molecule has 0 aliphatic carbocycles. The van der Waals surface area contributed by atoms with Gasteiger partial charge in [-0.1, -0.05) is 6.92 Å². The molecule has 4 nitrogen and oxygen atoms in total. The maximum Gasteiger partial charge on any atom is 0.348 e. The number of carbonyl (C=O) groups is 1. The fraction of sp³-hybridized carbons (Fsp3) is 0.667. The van der Waals surface area contributed by atoms with Gasteiger partial charge >= 0.3 is 5.97 Å². The van der Waals surface area contributed by atoms with E-state index in [-0.39, 0.29) is 5.57 Å². The molecule has 0 aromatic heterocycles. The highest BCUT2D eigenvalue weighted by molar-refractivity contribution is 6.87. The van der Waals surface area contributed by atoms with Crippen LogP contribution in [0.4, 0.5) is 0 Å². The van der Waals surface area contributed by atoms with Gasteiger partial charge in [0.2, 0.25) is 0 Å². The second-order valence-corrected chi connectivity index (χ2v) is 14.2. The van der Waals surface area contributed by atoms with Crippen molar-refractivity contribution in [2.45, 2.75) is 46.1 Å². The third-order valence-electron chi connectivity index (χ3n) is 1.84. The van der Waals surface area contributed by atoms with Crippen molar-refractivity contribution >= 4 is 22.6 Å². The molecule has 0 N–H and O–H groups in total. The molecule has 0 atom stereocenters. The molecule has 0 aliphatic rings. The molecule has 0 heterocycles. The van der Waals surface area contributed by atoms with Crippen LogP contribution in [0, 0.1) is 11.3 Å². The molecule has 6 heteroatoms. The van der Waals surface area contributed by atoms with Gasteiger partial charge in [0, 0.05) is 0 Å². The molecular weight excluding hydrogens is 262 g/mol. The zero-order valence-corrected chi connectivity index (χ0v) is 14.2. The van der Waals surface area contributed by atoms with E-state index in [0.717, 1.165) is 6.42 Å². The molecule has 0 aromatic carbocycles. The zero-order valence-electron chi connectivity index (χ0n) is 12.2. The highest BCUT2D eigenvalue weighted by atomic mass is 28.4. The van der Waals surface area contributed by atoms with Crippen molar-refractivity contribution in [3.63, 3.8) is 0 Å². The number of ether oxygens (including phenoxy) is 1. The van der Waals surface area contributed by atoms with E-state index < -0.39 is 22.6 Å². The van der Waals surface area contributed by atoms with Gasteiger partial charge in [0.15, 0.2) is 16.6 Å². The Labute approximate surface area is 112 Å². The molecule has 0 amide bonds. The van der Waals surface area contributed by atoms with Gasteiger partial charge < -0.3 is 8.85 Å². The normalized spacial score (nSPS) is 13.1. The molecule has 18 heavy (non-hydrogen) atoms. The van der Waals surface area contributed by atoms with Gasteiger partial charge in [-0.2, -0.15) is 5.26 Å². The molecule has 0 unspecified atom stereocenters. The first-order valence-electron chi connectivity index (χ1n) is 6.11. The highest BCUT2D eigenvalue weighted by Crippen LogP contribution is 2.17. The van der Waals surface area contributed by atoms with Crippen LogP contribution in [0.1, 0.15) is 13.3 Å². The molecule has 0 radical (unpaired) electrons. The molecule has 0 aliphatic heterocycles. The first-order chi connectivity index (χ1) is 8.11. The lowest BCUT2D eigenvalue weighted by Crippen LogP contribution is -2.41. The van der Waals surface area contributed by atoms with E-state index in [0.29, 0.717) is 6.61 Å². The van der Waals surface area contributed by atoms with Crippen LogP contribution in [0.25, 0.3) is 0 Å².